The van der Waals surface area contributed by atoms with Crippen LogP contribution in [-0.2, 0) is 14.3 Å². The van der Waals surface area contributed by atoms with Gasteiger partial charge in [-0.2, -0.15) is 0 Å². The van der Waals surface area contributed by atoms with Crippen LogP contribution in [0.3, 0.4) is 0 Å². The zero-order valence-corrected chi connectivity index (χ0v) is 10.9. The highest BCUT2D eigenvalue weighted by molar-refractivity contribution is 5.69. The molecular weight excluding hydrogens is 220 g/mol. The van der Waals surface area contributed by atoms with Crippen LogP contribution in [0.1, 0.15) is 58.8 Å². The number of esters is 1. The summed E-state index contributed by atoms with van der Waals surface area (Å²) in [7, 11) is 0. The highest BCUT2D eigenvalue weighted by Crippen LogP contribution is 2.07. The quantitative estimate of drug-likeness (QED) is 0.403. The van der Waals surface area contributed by atoms with E-state index in [1.165, 1.54) is 31.9 Å². The summed E-state index contributed by atoms with van der Waals surface area (Å²) in [6, 6.07) is 0. The molecule has 0 rings (SSSR count). The molecule has 17 heavy (non-hydrogen) atoms. The predicted octanol–water partition coefficient (Wildman–Crippen LogP) is 3.51. The summed E-state index contributed by atoms with van der Waals surface area (Å²) in [5.74, 6) is -0.995. The molecule has 0 fully saturated rings. The largest absolute Gasteiger partial charge is 0.481 e. The minimum atomic E-state index is -0.833. The van der Waals surface area contributed by atoms with Gasteiger partial charge in [0.05, 0.1) is 6.26 Å². The molecule has 0 aromatic carbocycles. The molecule has 0 radical (unpaired) electrons. The number of aliphatic carboxylic acids is 1. The Morgan fingerprint density at radius 2 is 1.65 bits per heavy atom. The average Bonchev–Trinajstić information content (AvgIpc) is 2.23. The van der Waals surface area contributed by atoms with E-state index < -0.39 is 5.97 Å². The van der Waals surface area contributed by atoms with Crippen molar-refractivity contribution in [1.29, 1.82) is 0 Å². The van der Waals surface area contributed by atoms with Crippen LogP contribution in [0.25, 0.3) is 0 Å². The molecule has 4 nitrogen and oxygen atoms in total. The van der Waals surface area contributed by atoms with E-state index in [4.69, 9.17) is 9.90 Å². The van der Waals surface area contributed by atoms with Gasteiger partial charge in [-0.05, 0) is 6.42 Å². The van der Waals surface area contributed by atoms with E-state index in [9.17, 15) is 4.79 Å². The maximum absolute atomic E-state index is 10.8. The van der Waals surface area contributed by atoms with Gasteiger partial charge in [0.1, 0.15) is 0 Å². The molecule has 0 saturated heterocycles. The Balaban J connectivity index is 0. The summed E-state index contributed by atoms with van der Waals surface area (Å²) in [5.41, 5.74) is 0. The van der Waals surface area contributed by atoms with Crippen molar-refractivity contribution in [3.05, 3.63) is 12.8 Å². The molecule has 0 aliphatic carbocycles. The lowest BCUT2D eigenvalue weighted by Crippen LogP contribution is -1.98. The first-order chi connectivity index (χ1) is 8.04. The molecule has 0 bridgehead atoms. The zero-order chi connectivity index (χ0) is 13.5. The first kappa shape index (κ1) is 18.1. The molecular formula is C13H24O4. The minimum absolute atomic E-state index is 0.162. The van der Waals surface area contributed by atoms with Crippen molar-refractivity contribution in [2.24, 2.45) is 0 Å². The lowest BCUT2D eigenvalue weighted by molar-refractivity contribution is -0.138. The van der Waals surface area contributed by atoms with E-state index in [0.717, 1.165) is 19.8 Å². The summed E-state index contributed by atoms with van der Waals surface area (Å²) < 4.78 is 4.59. The van der Waals surface area contributed by atoms with Gasteiger partial charge in [-0.15, -0.1) is 0 Å². The van der Waals surface area contributed by atoms with Crippen LogP contribution in [0.15, 0.2) is 12.8 Å². The normalized spacial score (nSPS) is 8.82. The first-order valence-electron chi connectivity index (χ1n) is 6.04. The van der Waals surface area contributed by atoms with Gasteiger partial charge in [0, 0.05) is 13.3 Å². The number of unbranched alkanes of at least 4 members (excludes halogenated alkanes) is 5. The second-order valence-corrected chi connectivity index (χ2v) is 3.69. The first-order valence-corrected chi connectivity index (χ1v) is 6.04. The number of carbonyl (C=O) groups excluding carboxylic acids is 1. The number of carboxylic acids is 1. The summed E-state index contributed by atoms with van der Waals surface area (Å²) >= 11 is 0. The van der Waals surface area contributed by atoms with Gasteiger partial charge in [-0.25, -0.2) is 0 Å². The van der Waals surface area contributed by atoms with Crippen molar-refractivity contribution in [3.8, 4) is 0 Å². The molecule has 1 N–H and O–H groups in total. The smallest absolute Gasteiger partial charge is 0.310 e. The third kappa shape index (κ3) is 25.2. The Bertz CT molecular complexity index is 207. The SMILES string of the molecule is C=COC(=O)CCCCCCCC.CC(=O)O. The molecule has 0 amide bonds. The van der Waals surface area contributed by atoms with E-state index in [2.05, 4.69) is 18.2 Å². The second-order valence-electron chi connectivity index (χ2n) is 3.69. The Hall–Kier alpha value is -1.32. The Labute approximate surface area is 104 Å². The van der Waals surface area contributed by atoms with Crippen LogP contribution >= 0.6 is 0 Å². The van der Waals surface area contributed by atoms with Gasteiger partial charge in [-0.3, -0.25) is 9.59 Å². The van der Waals surface area contributed by atoms with Gasteiger partial charge in [0.2, 0.25) is 0 Å². The third-order valence-electron chi connectivity index (χ3n) is 1.95. The fraction of sp³-hybridized carbons (Fsp3) is 0.692. The number of carboxylic acid groups (broad SMARTS) is 1. The molecule has 0 aliphatic heterocycles. The number of hydrogen-bond donors (Lipinski definition) is 1. The molecule has 0 aliphatic rings. The van der Waals surface area contributed by atoms with Crippen molar-refractivity contribution in [3.63, 3.8) is 0 Å². The maximum atomic E-state index is 10.8. The van der Waals surface area contributed by atoms with Crippen LogP contribution in [0.4, 0.5) is 0 Å². The van der Waals surface area contributed by atoms with E-state index in [1.54, 1.807) is 0 Å². The topological polar surface area (TPSA) is 63.6 Å². The highest BCUT2D eigenvalue weighted by Gasteiger charge is 1.99. The van der Waals surface area contributed by atoms with Gasteiger partial charge >= 0.3 is 5.97 Å². The summed E-state index contributed by atoms with van der Waals surface area (Å²) in [4.78, 5) is 19.8. The average molecular weight is 244 g/mol. The molecule has 4 heteroatoms. The van der Waals surface area contributed by atoms with Crippen molar-refractivity contribution >= 4 is 11.9 Å². The molecule has 0 unspecified atom stereocenters. The third-order valence-corrected chi connectivity index (χ3v) is 1.95. The minimum Gasteiger partial charge on any atom is -0.481 e. The molecule has 0 heterocycles. The van der Waals surface area contributed by atoms with Crippen molar-refractivity contribution in [1.82, 2.24) is 0 Å². The monoisotopic (exact) mass is 244 g/mol. The maximum Gasteiger partial charge on any atom is 0.310 e. The van der Waals surface area contributed by atoms with Crippen LogP contribution in [0, 0.1) is 0 Å². The fourth-order valence-corrected chi connectivity index (χ4v) is 1.20. The van der Waals surface area contributed by atoms with E-state index in [0.29, 0.717) is 6.42 Å². The number of carbonyl (C=O) groups is 2. The standard InChI is InChI=1S/C11H20O2.C2H4O2/c1-3-5-6-7-8-9-10-11(12)13-4-2;1-2(3)4/h4H,2-3,5-10H2,1H3;1H3,(H,3,4). The molecule has 0 saturated carbocycles. The van der Waals surface area contributed by atoms with Crippen LogP contribution in [0.5, 0.6) is 0 Å². The van der Waals surface area contributed by atoms with Gasteiger partial charge in [0.15, 0.2) is 0 Å². The molecule has 100 valence electrons. The van der Waals surface area contributed by atoms with E-state index >= 15 is 0 Å². The van der Waals surface area contributed by atoms with E-state index in [-0.39, 0.29) is 5.97 Å². The lowest BCUT2D eigenvalue weighted by atomic mass is 10.1. The van der Waals surface area contributed by atoms with Crippen molar-refractivity contribution in [2.45, 2.75) is 58.8 Å². The fourth-order valence-electron chi connectivity index (χ4n) is 1.20. The van der Waals surface area contributed by atoms with Crippen LogP contribution in [-0.4, -0.2) is 17.0 Å². The summed E-state index contributed by atoms with van der Waals surface area (Å²) in [6.45, 7) is 6.61. The lowest BCUT2D eigenvalue weighted by Gasteiger charge is -1.99. The van der Waals surface area contributed by atoms with Crippen molar-refractivity contribution in [2.75, 3.05) is 0 Å². The molecule has 0 atom stereocenters. The molecule has 0 spiro atoms. The highest BCUT2D eigenvalue weighted by atomic mass is 16.5. The Kier molecular flexibility index (Phi) is 15.6. The van der Waals surface area contributed by atoms with Gasteiger partial charge in [-0.1, -0.05) is 45.6 Å². The van der Waals surface area contributed by atoms with Crippen molar-refractivity contribution < 1.29 is 19.4 Å². The molecule has 0 aromatic heterocycles. The Morgan fingerprint density at radius 1 is 1.18 bits per heavy atom. The number of hydrogen-bond acceptors (Lipinski definition) is 3. The summed E-state index contributed by atoms with van der Waals surface area (Å²) in [6.07, 6.45) is 8.87. The molecule has 0 aromatic rings. The van der Waals surface area contributed by atoms with Gasteiger partial charge in [0.25, 0.3) is 5.97 Å². The van der Waals surface area contributed by atoms with E-state index in [1.807, 2.05) is 0 Å². The predicted molar refractivity (Wildman–Crippen MR) is 67.6 cm³/mol. The Morgan fingerprint density at radius 3 is 2.12 bits per heavy atom. The number of ether oxygens (including phenoxy) is 1. The zero-order valence-electron chi connectivity index (χ0n) is 10.9. The van der Waals surface area contributed by atoms with Crippen LogP contribution in [0.2, 0.25) is 0 Å². The van der Waals surface area contributed by atoms with Gasteiger partial charge < -0.3 is 9.84 Å². The second kappa shape index (κ2) is 14.7. The summed E-state index contributed by atoms with van der Waals surface area (Å²) in [5, 5.41) is 7.42. The van der Waals surface area contributed by atoms with Crippen LogP contribution < -0.4 is 0 Å². The number of rotatable bonds is 8.